The number of hydrogen-bond acceptors (Lipinski definition) is 17. The molecule has 0 amide bonds. The van der Waals surface area contributed by atoms with Crippen molar-refractivity contribution in [2.45, 2.75) is 88.6 Å². The first kappa shape index (κ1) is 40.3. The van der Waals surface area contributed by atoms with Crippen LogP contribution in [0.5, 0.6) is 40.2 Å². The molecule has 0 saturated carbocycles. The molecule has 3 aromatic rings. The summed E-state index contributed by atoms with van der Waals surface area (Å²) in [4.78, 5) is 57.0. The van der Waals surface area contributed by atoms with Gasteiger partial charge in [-0.1, -0.05) is 6.07 Å². The molecule has 7 heterocycles. The Labute approximate surface area is 350 Å². The molecule has 0 radical (unpaired) electrons. The minimum atomic E-state index is -1.43. The smallest absolute Gasteiger partial charge is 0.331 e. The quantitative estimate of drug-likeness (QED) is 0.279. The van der Waals surface area contributed by atoms with Crippen LogP contribution < -0.4 is 38.5 Å². The molecule has 0 aliphatic carbocycles. The van der Waals surface area contributed by atoms with Gasteiger partial charge in [0.2, 0.25) is 6.79 Å². The zero-order chi connectivity index (χ0) is 42.5. The fourth-order valence-corrected chi connectivity index (χ4v) is 12.1. The SMILES string of the molecule is COc1cc2c(cc1OC(C)=O)CCN[C@]21CS[C@@H]2c3c(OC(C)=O)c(C)c4c(c3[C@H](COC1=O)N1C2[C@H]2c3c(cc(C)c(OC)c3OC(C)=O)C[C@@H]([C@@H]1O)N2C)OCO4. The second-order valence-corrected chi connectivity index (χ2v) is 17.2. The number of ether oxygens (including phenoxy) is 8. The molecule has 10 rings (SSSR count). The molecule has 318 valence electrons. The third kappa shape index (κ3) is 5.95. The number of hydrogen-bond donors (Lipinski definition) is 2. The van der Waals surface area contributed by atoms with Crippen LogP contribution in [0.3, 0.4) is 0 Å². The van der Waals surface area contributed by atoms with Gasteiger partial charge in [-0.05, 0) is 68.1 Å². The number of methoxy groups -OCH3 is 2. The molecule has 7 aliphatic rings. The van der Waals surface area contributed by atoms with Crippen LogP contribution in [0.4, 0.5) is 0 Å². The van der Waals surface area contributed by atoms with Gasteiger partial charge in [-0.2, -0.15) is 0 Å². The van der Waals surface area contributed by atoms with Crippen molar-refractivity contribution in [3.63, 3.8) is 0 Å². The summed E-state index contributed by atoms with van der Waals surface area (Å²) in [6, 6.07) is 3.03. The Kier molecular flexibility index (Phi) is 9.97. The van der Waals surface area contributed by atoms with E-state index in [0.29, 0.717) is 70.4 Å². The van der Waals surface area contributed by atoms with E-state index in [0.717, 1.165) is 22.3 Å². The predicted molar refractivity (Wildman–Crippen MR) is 214 cm³/mol. The third-order valence-electron chi connectivity index (χ3n) is 12.7. The summed E-state index contributed by atoms with van der Waals surface area (Å²) in [6.07, 6.45) is -0.157. The van der Waals surface area contributed by atoms with Gasteiger partial charge in [-0.25, -0.2) is 4.79 Å². The monoisotopic (exact) mass is 845 g/mol. The number of aliphatic hydroxyl groups excluding tert-OH is 1. The third-order valence-corrected chi connectivity index (χ3v) is 14.2. The minimum absolute atomic E-state index is 0.0876. The average Bonchev–Trinajstić information content (AvgIpc) is 3.69. The maximum absolute atomic E-state index is 14.9. The maximum atomic E-state index is 14.9. The largest absolute Gasteiger partial charge is 0.493 e. The Morgan fingerprint density at radius 2 is 1.58 bits per heavy atom. The molecule has 2 saturated heterocycles. The fraction of sp³-hybridized carbons (Fsp3) is 0.488. The van der Waals surface area contributed by atoms with Crippen molar-refractivity contribution in [1.29, 1.82) is 0 Å². The normalized spacial score (nSPS) is 27.4. The molecule has 60 heavy (non-hydrogen) atoms. The second-order valence-electron chi connectivity index (χ2n) is 16.1. The van der Waals surface area contributed by atoms with E-state index < -0.39 is 65.1 Å². The van der Waals surface area contributed by atoms with Crippen molar-refractivity contribution < 1.29 is 62.2 Å². The summed E-state index contributed by atoms with van der Waals surface area (Å²) < 4.78 is 48.1. The number of aryl methyl sites for hydroxylation is 1. The van der Waals surface area contributed by atoms with Crippen LogP contribution in [0, 0.1) is 13.8 Å². The van der Waals surface area contributed by atoms with E-state index in [1.165, 1.54) is 46.8 Å². The van der Waals surface area contributed by atoms with E-state index in [9.17, 15) is 24.3 Å². The van der Waals surface area contributed by atoms with Crippen LogP contribution >= 0.6 is 11.8 Å². The summed E-state index contributed by atoms with van der Waals surface area (Å²) in [7, 11) is 4.95. The Morgan fingerprint density at radius 1 is 0.867 bits per heavy atom. The van der Waals surface area contributed by atoms with E-state index in [-0.39, 0.29) is 30.7 Å². The van der Waals surface area contributed by atoms with Crippen LogP contribution in [0.1, 0.15) is 82.6 Å². The number of carbonyl (C=O) groups excluding carboxylic acids is 4. The number of carbonyl (C=O) groups is 4. The van der Waals surface area contributed by atoms with Gasteiger partial charge in [0, 0.05) is 61.4 Å². The van der Waals surface area contributed by atoms with Gasteiger partial charge >= 0.3 is 23.9 Å². The molecule has 7 atom stereocenters. The number of nitrogens with one attached hydrogen (secondary N) is 1. The Hall–Kier alpha value is -5.07. The number of likely N-dealkylation sites (N-methyl/N-ethyl adjacent to an activating group) is 1. The number of rotatable bonds is 5. The van der Waals surface area contributed by atoms with Crippen LogP contribution in [0.25, 0.3) is 0 Å². The standard InChI is InChI=1S/C43H47N3O13S/c1-18-11-24-12-26-41(50)46-27-15-54-42(51)43(25-14-28(52-7)29(57-20(3)47)13-23(25)9-10-44-43)16-60-40(32-31(27)38-37(55-17-56-38)19(2)36(32)58-21(4)48)34(46)33(45(26)6)30(24)39(35(18)53-8)59-22(5)49/h11,13-14,26-27,33-34,40-41,44,50H,9-10,12,15-17H2,1-8H3/t26-,27-,33+,34?,40+,41-,43+/m0/s1. The lowest BCUT2D eigenvalue weighted by Crippen LogP contribution is -2.70. The van der Waals surface area contributed by atoms with Crippen LogP contribution in [0.2, 0.25) is 0 Å². The number of aliphatic hydroxyl groups is 1. The fourth-order valence-electron chi connectivity index (χ4n) is 10.4. The first-order valence-corrected chi connectivity index (χ1v) is 20.9. The summed E-state index contributed by atoms with van der Waals surface area (Å²) in [5, 5.41) is 15.6. The first-order valence-electron chi connectivity index (χ1n) is 19.8. The van der Waals surface area contributed by atoms with Gasteiger partial charge in [-0.3, -0.25) is 29.5 Å². The molecule has 17 heteroatoms. The number of esters is 4. The lowest BCUT2D eigenvalue weighted by atomic mass is 9.73. The second kappa shape index (κ2) is 14.8. The van der Waals surface area contributed by atoms with Gasteiger partial charge in [0.15, 0.2) is 40.0 Å². The molecule has 2 N–H and O–H groups in total. The highest BCUT2D eigenvalue weighted by Crippen LogP contribution is 2.64. The molecule has 3 aromatic carbocycles. The van der Waals surface area contributed by atoms with E-state index in [1.54, 1.807) is 12.1 Å². The van der Waals surface area contributed by atoms with Crippen LogP contribution in [-0.4, -0.2) is 104 Å². The summed E-state index contributed by atoms with van der Waals surface area (Å²) in [5.74, 6) is 0.329. The lowest BCUT2D eigenvalue weighted by Gasteiger charge is -2.62. The van der Waals surface area contributed by atoms with Gasteiger partial charge in [0.1, 0.15) is 18.6 Å². The van der Waals surface area contributed by atoms with E-state index in [4.69, 9.17) is 37.9 Å². The average molecular weight is 846 g/mol. The number of nitrogens with zero attached hydrogens (tertiary/aromatic N) is 2. The van der Waals surface area contributed by atoms with E-state index in [2.05, 4.69) is 10.2 Å². The van der Waals surface area contributed by atoms with Crippen molar-refractivity contribution in [3.8, 4) is 40.2 Å². The molecular formula is C43H47N3O13S. The Balaban J connectivity index is 1.31. The van der Waals surface area contributed by atoms with Crippen molar-refractivity contribution in [2.75, 3.05) is 47.0 Å². The zero-order valence-electron chi connectivity index (χ0n) is 34.6. The molecule has 1 spiro atoms. The Bertz CT molecular complexity index is 2370. The molecule has 4 bridgehead atoms. The highest BCUT2D eigenvalue weighted by Gasteiger charge is 2.61. The first-order chi connectivity index (χ1) is 28.7. The van der Waals surface area contributed by atoms with Gasteiger partial charge < -0.3 is 43.0 Å². The number of fused-ring (bicyclic) bond motifs is 9. The summed E-state index contributed by atoms with van der Waals surface area (Å²) in [5.41, 5.74) is 4.17. The van der Waals surface area contributed by atoms with Crippen molar-refractivity contribution in [2.24, 2.45) is 0 Å². The number of thioether (sulfide) groups is 1. The van der Waals surface area contributed by atoms with E-state index in [1.807, 2.05) is 31.9 Å². The molecule has 1 unspecified atom stereocenters. The van der Waals surface area contributed by atoms with Crippen LogP contribution in [-0.2, 0) is 42.3 Å². The molecule has 2 fully saturated rings. The highest BCUT2D eigenvalue weighted by molar-refractivity contribution is 7.99. The van der Waals surface area contributed by atoms with Gasteiger partial charge in [-0.15, -0.1) is 11.8 Å². The number of piperazine rings is 1. The molecule has 0 aromatic heterocycles. The van der Waals surface area contributed by atoms with E-state index >= 15 is 0 Å². The predicted octanol–water partition coefficient (Wildman–Crippen LogP) is 3.85. The Morgan fingerprint density at radius 3 is 2.28 bits per heavy atom. The summed E-state index contributed by atoms with van der Waals surface area (Å²) in [6.45, 7) is 7.78. The van der Waals surface area contributed by atoms with Crippen molar-refractivity contribution in [1.82, 2.24) is 15.1 Å². The number of benzene rings is 3. The van der Waals surface area contributed by atoms with Gasteiger partial charge in [0.25, 0.3) is 0 Å². The van der Waals surface area contributed by atoms with Crippen LogP contribution in [0.15, 0.2) is 18.2 Å². The van der Waals surface area contributed by atoms with Crippen molar-refractivity contribution >= 4 is 35.6 Å². The minimum Gasteiger partial charge on any atom is -0.493 e. The van der Waals surface area contributed by atoms with Crippen molar-refractivity contribution in [3.05, 3.63) is 62.7 Å². The lowest BCUT2D eigenvalue weighted by molar-refractivity contribution is -0.186. The molecule has 7 aliphatic heterocycles. The maximum Gasteiger partial charge on any atom is 0.331 e. The topological polar surface area (TPSA) is 181 Å². The molecule has 16 nitrogen and oxygen atoms in total. The highest BCUT2D eigenvalue weighted by atomic mass is 32.2. The summed E-state index contributed by atoms with van der Waals surface area (Å²) >= 11 is 1.44. The zero-order valence-corrected chi connectivity index (χ0v) is 35.4. The van der Waals surface area contributed by atoms with Gasteiger partial charge in [0.05, 0.1) is 37.6 Å². The molecular weight excluding hydrogens is 799 g/mol.